The van der Waals surface area contributed by atoms with Crippen LogP contribution in [0.5, 0.6) is 0 Å². The van der Waals surface area contributed by atoms with Gasteiger partial charge in [-0.05, 0) is 50.5 Å². The van der Waals surface area contributed by atoms with Gasteiger partial charge in [0.25, 0.3) is 11.8 Å². The number of carbonyl (C=O) groups excluding carboxylic acids is 3. The van der Waals surface area contributed by atoms with Crippen molar-refractivity contribution >= 4 is 34.1 Å². The Kier molecular flexibility index (Phi) is 7.59. The summed E-state index contributed by atoms with van der Waals surface area (Å²) < 4.78 is 5.17. The van der Waals surface area contributed by atoms with E-state index in [4.69, 9.17) is 4.74 Å². The van der Waals surface area contributed by atoms with E-state index in [9.17, 15) is 14.4 Å². The summed E-state index contributed by atoms with van der Waals surface area (Å²) >= 11 is 1.36. The Morgan fingerprint density at radius 2 is 1.88 bits per heavy atom. The minimum absolute atomic E-state index is 0.0727. The van der Waals surface area contributed by atoms with Crippen LogP contribution in [0.25, 0.3) is 0 Å². The summed E-state index contributed by atoms with van der Waals surface area (Å²) in [4.78, 5) is 37.4. The molecule has 0 bridgehead atoms. The summed E-state index contributed by atoms with van der Waals surface area (Å²) in [6, 6.07) is 0. The average molecular weight is 383 g/mol. The third-order valence-electron chi connectivity index (χ3n) is 4.26. The summed E-state index contributed by atoms with van der Waals surface area (Å²) in [5, 5.41) is 8.08. The van der Waals surface area contributed by atoms with E-state index in [0.29, 0.717) is 36.2 Å². The maximum atomic E-state index is 12.4. The van der Waals surface area contributed by atoms with E-state index in [0.717, 1.165) is 23.3 Å². The third kappa shape index (κ3) is 5.54. The highest BCUT2D eigenvalue weighted by molar-refractivity contribution is 7.15. The van der Waals surface area contributed by atoms with Gasteiger partial charge in [0, 0.05) is 6.54 Å². The van der Waals surface area contributed by atoms with Crippen molar-refractivity contribution < 1.29 is 24.0 Å². The lowest BCUT2D eigenvalue weighted by Gasteiger charge is -2.16. The second-order valence-corrected chi connectivity index (χ2v) is 7.23. The first kappa shape index (κ1) is 20.4. The van der Waals surface area contributed by atoms with Crippen LogP contribution in [-0.2, 0) is 14.3 Å². The zero-order valence-corrected chi connectivity index (χ0v) is 16.5. The van der Waals surface area contributed by atoms with E-state index in [-0.39, 0.29) is 30.9 Å². The van der Waals surface area contributed by atoms with Gasteiger partial charge in [0.1, 0.15) is 5.00 Å². The van der Waals surface area contributed by atoms with E-state index in [1.807, 2.05) is 19.2 Å². The van der Waals surface area contributed by atoms with Crippen molar-refractivity contribution in [3.63, 3.8) is 0 Å². The van der Waals surface area contributed by atoms with Gasteiger partial charge in [-0.3, -0.25) is 9.59 Å². The van der Waals surface area contributed by atoms with E-state index in [2.05, 4.69) is 10.6 Å². The molecular weight excluding hydrogens is 354 g/mol. The number of ether oxygens (including phenoxy) is 1. The number of hydrogen-bond acceptors (Lipinski definition) is 5. The van der Waals surface area contributed by atoms with Gasteiger partial charge in [0.2, 0.25) is 0 Å². The Hall–Kier alpha value is -1.93. The quantitative estimate of drug-likeness (QED) is 0.522. The van der Waals surface area contributed by atoms with Crippen molar-refractivity contribution in [1.29, 1.82) is 0 Å². The highest BCUT2D eigenvalue weighted by Crippen LogP contribution is 2.46. The number of amides is 2. The van der Waals surface area contributed by atoms with Gasteiger partial charge < -0.3 is 20.3 Å². The number of nitrogens with one attached hydrogen (secondary N) is 3. The van der Waals surface area contributed by atoms with Crippen molar-refractivity contribution in [3.8, 4) is 0 Å². The van der Waals surface area contributed by atoms with Crippen LogP contribution in [0.1, 0.15) is 55.5 Å². The summed E-state index contributed by atoms with van der Waals surface area (Å²) in [5.74, 6) is -0.266. The standard InChI is InChI=1S/C18H27N3O4S/c1-4-19-14(22)9-21(5-2)10-15(23)20-17-16(18(24)25-6-3)13(11-26-17)12-7-8-12/h11-12H,4-10H2,1-3H3,(H,19,22)(H,20,23)/p+1. The molecule has 1 aromatic heterocycles. The molecule has 1 aliphatic carbocycles. The Bertz CT molecular complexity index is 655. The minimum atomic E-state index is -0.382. The molecule has 3 N–H and O–H groups in total. The Balaban J connectivity index is 2.03. The topological polar surface area (TPSA) is 88.9 Å². The van der Waals surface area contributed by atoms with Crippen LogP contribution in [0.4, 0.5) is 5.00 Å². The molecule has 26 heavy (non-hydrogen) atoms. The van der Waals surface area contributed by atoms with Crippen molar-refractivity contribution in [1.82, 2.24) is 5.32 Å². The lowest BCUT2D eigenvalue weighted by molar-refractivity contribution is -0.881. The van der Waals surface area contributed by atoms with Gasteiger partial charge in [-0.15, -0.1) is 11.3 Å². The highest BCUT2D eigenvalue weighted by atomic mass is 32.1. The monoisotopic (exact) mass is 382 g/mol. The molecule has 0 aromatic carbocycles. The Morgan fingerprint density at radius 1 is 1.19 bits per heavy atom. The minimum Gasteiger partial charge on any atom is -0.462 e. The normalized spacial score (nSPS) is 14.6. The Morgan fingerprint density at radius 3 is 2.46 bits per heavy atom. The van der Waals surface area contributed by atoms with Crippen LogP contribution >= 0.6 is 11.3 Å². The molecule has 1 unspecified atom stereocenters. The number of thiophene rings is 1. The molecule has 1 saturated carbocycles. The molecule has 144 valence electrons. The molecule has 0 aliphatic heterocycles. The van der Waals surface area contributed by atoms with E-state index >= 15 is 0 Å². The molecule has 1 fully saturated rings. The van der Waals surface area contributed by atoms with Gasteiger partial charge in [-0.2, -0.15) is 0 Å². The van der Waals surface area contributed by atoms with E-state index in [1.165, 1.54) is 11.3 Å². The molecule has 2 amide bonds. The van der Waals surface area contributed by atoms with Crippen LogP contribution in [0, 0.1) is 0 Å². The molecule has 8 heteroatoms. The molecule has 0 saturated heterocycles. The zero-order chi connectivity index (χ0) is 19.1. The lowest BCUT2D eigenvalue weighted by atomic mass is 10.1. The number of quaternary nitrogens is 1. The molecule has 1 aliphatic rings. The zero-order valence-electron chi connectivity index (χ0n) is 15.6. The number of rotatable bonds is 10. The van der Waals surface area contributed by atoms with Gasteiger partial charge >= 0.3 is 5.97 Å². The molecule has 2 rings (SSSR count). The van der Waals surface area contributed by atoms with Crippen molar-refractivity contribution in [3.05, 3.63) is 16.5 Å². The average Bonchev–Trinajstić information content (AvgIpc) is 3.35. The van der Waals surface area contributed by atoms with Crippen LogP contribution in [-0.4, -0.2) is 50.6 Å². The largest absolute Gasteiger partial charge is 0.462 e. The fourth-order valence-electron chi connectivity index (χ4n) is 2.77. The number of likely N-dealkylation sites (N-methyl/N-ethyl adjacent to an activating group) is 2. The predicted octanol–water partition coefficient (Wildman–Crippen LogP) is 0.782. The summed E-state index contributed by atoms with van der Waals surface area (Å²) in [6.07, 6.45) is 2.13. The van der Waals surface area contributed by atoms with E-state index in [1.54, 1.807) is 6.92 Å². The molecular formula is C18H28N3O4S+. The van der Waals surface area contributed by atoms with Crippen LogP contribution < -0.4 is 15.5 Å². The fourth-order valence-corrected chi connectivity index (χ4v) is 3.82. The Labute approximate surface area is 158 Å². The molecule has 0 radical (unpaired) electrons. The molecule has 1 atom stereocenters. The van der Waals surface area contributed by atoms with Crippen molar-refractivity contribution in [2.45, 2.75) is 39.5 Å². The lowest BCUT2D eigenvalue weighted by Crippen LogP contribution is -3.14. The third-order valence-corrected chi connectivity index (χ3v) is 5.18. The second-order valence-electron chi connectivity index (χ2n) is 6.35. The van der Waals surface area contributed by atoms with Crippen molar-refractivity contribution in [2.24, 2.45) is 0 Å². The maximum Gasteiger partial charge on any atom is 0.341 e. The van der Waals surface area contributed by atoms with Gasteiger partial charge in [-0.25, -0.2) is 4.79 Å². The van der Waals surface area contributed by atoms with Gasteiger partial charge in [-0.1, -0.05) is 0 Å². The number of hydrogen-bond donors (Lipinski definition) is 3. The number of esters is 1. The van der Waals surface area contributed by atoms with Crippen molar-refractivity contribution in [2.75, 3.05) is 38.1 Å². The summed E-state index contributed by atoms with van der Waals surface area (Å²) in [6.45, 7) is 7.52. The van der Waals surface area contributed by atoms with Gasteiger partial charge in [0.15, 0.2) is 13.1 Å². The van der Waals surface area contributed by atoms with E-state index < -0.39 is 0 Å². The van der Waals surface area contributed by atoms with Gasteiger partial charge in [0.05, 0.1) is 18.7 Å². The van der Waals surface area contributed by atoms with Crippen LogP contribution in [0.2, 0.25) is 0 Å². The highest BCUT2D eigenvalue weighted by Gasteiger charge is 2.32. The number of anilines is 1. The first-order chi connectivity index (χ1) is 12.5. The van der Waals surface area contributed by atoms with Crippen LogP contribution in [0.15, 0.2) is 5.38 Å². The first-order valence-corrected chi connectivity index (χ1v) is 10.1. The second kappa shape index (κ2) is 9.68. The summed E-state index contributed by atoms with van der Waals surface area (Å²) in [7, 11) is 0. The maximum absolute atomic E-state index is 12.4. The molecule has 0 spiro atoms. The smallest absolute Gasteiger partial charge is 0.341 e. The molecule has 7 nitrogen and oxygen atoms in total. The van der Waals surface area contributed by atoms with Crippen LogP contribution in [0.3, 0.4) is 0 Å². The summed E-state index contributed by atoms with van der Waals surface area (Å²) in [5.41, 5.74) is 1.47. The molecule has 1 aromatic rings. The fraction of sp³-hybridized carbons (Fsp3) is 0.611. The first-order valence-electron chi connectivity index (χ1n) is 9.18. The predicted molar refractivity (Wildman–Crippen MR) is 101 cm³/mol. The molecule has 1 heterocycles. The number of carbonyl (C=O) groups is 3. The SMILES string of the molecule is CCNC(=O)C[NH+](CC)CC(=O)Nc1scc(C2CC2)c1C(=O)OCC.